The number of halogens is 1. The number of nitrogens with two attached hydrogens (primary N) is 1. The maximum absolute atomic E-state index is 9.63. The lowest BCUT2D eigenvalue weighted by Gasteiger charge is -2.08. The van der Waals surface area contributed by atoms with Crippen molar-refractivity contribution in [2.24, 2.45) is 5.73 Å². The van der Waals surface area contributed by atoms with Gasteiger partial charge in [-0.15, -0.1) is 0 Å². The monoisotopic (exact) mass is 211 g/mol. The summed E-state index contributed by atoms with van der Waals surface area (Å²) < 4.78 is 5.25. The van der Waals surface area contributed by atoms with Gasteiger partial charge in [0.2, 0.25) is 0 Å². The van der Waals surface area contributed by atoms with Crippen LogP contribution >= 0.6 is 11.6 Å². The molecular formula is C10H10ClNO2. The summed E-state index contributed by atoms with van der Waals surface area (Å²) in [5.74, 6) is 0. The first kappa shape index (κ1) is 9.52. The highest BCUT2D eigenvalue weighted by atomic mass is 35.5. The predicted molar refractivity (Wildman–Crippen MR) is 55.2 cm³/mol. The summed E-state index contributed by atoms with van der Waals surface area (Å²) in [4.78, 5) is 0. The largest absolute Gasteiger partial charge is 0.464 e. The van der Waals surface area contributed by atoms with Gasteiger partial charge in [-0.05, 0) is 18.2 Å². The lowest BCUT2D eigenvalue weighted by Crippen LogP contribution is -2.11. The number of aliphatic hydroxyl groups excluding tert-OH is 1. The van der Waals surface area contributed by atoms with Crippen LogP contribution in [0.2, 0.25) is 5.02 Å². The molecule has 2 aromatic rings. The number of fused-ring (bicyclic) bond motifs is 1. The molecule has 0 saturated heterocycles. The molecule has 1 aromatic heterocycles. The fraction of sp³-hybridized carbons (Fsp3) is 0.200. The van der Waals surface area contributed by atoms with Gasteiger partial charge in [0.25, 0.3) is 0 Å². The van der Waals surface area contributed by atoms with E-state index in [2.05, 4.69) is 0 Å². The summed E-state index contributed by atoms with van der Waals surface area (Å²) in [6.45, 7) is 0.149. The van der Waals surface area contributed by atoms with Crippen LogP contribution in [-0.2, 0) is 0 Å². The second-order valence-corrected chi connectivity index (χ2v) is 3.52. The Kier molecular flexibility index (Phi) is 2.46. The SMILES string of the molecule is NCC(O)c1cc(Cl)cc2ccoc12. The maximum Gasteiger partial charge on any atom is 0.139 e. The smallest absolute Gasteiger partial charge is 0.139 e. The van der Waals surface area contributed by atoms with Crippen molar-refractivity contribution in [3.8, 4) is 0 Å². The molecule has 0 aliphatic rings. The van der Waals surface area contributed by atoms with Crippen LogP contribution in [0.4, 0.5) is 0 Å². The summed E-state index contributed by atoms with van der Waals surface area (Å²) in [5.41, 5.74) is 6.66. The number of aliphatic hydroxyl groups is 1. The van der Waals surface area contributed by atoms with Crippen molar-refractivity contribution in [3.05, 3.63) is 35.0 Å². The summed E-state index contributed by atoms with van der Waals surface area (Å²) in [6, 6.07) is 5.26. The average molecular weight is 212 g/mol. The van der Waals surface area contributed by atoms with Crippen LogP contribution in [0.5, 0.6) is 0 Å². The topological polar surface area (TPSA) is 59.4 Å². The van der Waals surface area contributed by atoms with Crippen molar-refractivity contribution in [1.82, 2.24) is 0 Å². The highest BCUT2D eigenvalue weighted by Crippen LogP contribution is 2.28. The van der Waals surface area contributed by atoms with Crippen LogP contribution in [0.3, 0.4) is 0 Å². The Morgan fingerprint density at radius 1 is 1.50 bits per heavy atom. The Bertz CT molecular complexity index is 452. The molecule has 0 radical (unpaired) electrons. The first-order valence-corrected chi connectivity index (χ1v) is 4.65. The molecule has 1 heterocycles. The molecule has 1 atom stereocenters. The zero-order chi connectivity index (χ0) is 10.1. The minimum absolute atomic E-state index is 0.149. The molecule has 0 aliphatic heterocycles. The Labute approximate surface area is 86.1 Å². The maximum atomic E-state index is 9.63. The van der Waals surface area contributed by atoms with Crippen LogP contribution in [0.15, 0.2) is 28.9 Å². The third-order valence-corrected chi connectivity index (χ3v) is 2.35. The van der Waals surface area contributed by atoms with Crippen LogP contribution < -0.4 is 5.73 Å². The number of furan rings is 1. The molecule has 0 aliphatic carbocycles. The van der Waals surface area contributed by atoms with Crippen molar-refractivity contribution in [3.63, 3.8) is 0 Å². The van der Waals surface area contributed by atoms with Gasteiger partial charge < -0.3 is 15.3 Å². The molecular weight excluding hydrogens is 202 g/mol. The molecule has 1 unspecified atom stereocenters. The third kappa shape index (κ3) is 1.50. The van der Waals surface area contributed by atoms with E-state index < -0.39 is 6.10 Å². The normalized spacial score (nSPS) is 13.4. The Balaban J connectivity index is 2.66. The van der Waals surface area contributed by atoms with Gasteiger partial charge >= 0.3 is 0 Å². The molecule has 1 aromatic carbocycles. The van der Waals surface area contributed by atoms with Crippen molar-refractivity contribution in [2.75, 3.05) is 6.54 Å². The number of hydrogen-bond donors (Lipinski definition) is 2. The highest BCUT2D eigenvalue weighted by Gasteiger charge is 2.13. The minimum Gasteiger partial charge on any atom is -0.464 e. The van der Waals surface area contributed by atoms with Gasteiger partial charge in [0.05, 0.1) is 12.4 Å². The predicted octanol–water partition coefficient (Wildman–Crippen LogP) is 2.08. The van der Waals surface area contributed by atoms with E-state index in [1.165, 1.54) is 0 Å². The summed E-state index contributed by atoms with van der Waals surface area (Å²) >= 11 is 5.89. The van der Waals surface area contributed by atoms with Gasteiger partial charge in [-0.25, -0.2) is 0 Å². The van der Waals surface area contributed by atoms with Gasteiger partial charge in [0.1, 0.15) is 5.58 Å². The Morgan fingerprint density at radius 2 is 2.29 bits per heavy atom. The van der Waals surface area contributed by atoms with Crippen molar-refractivity contribution in [1.29, 1.82) is 0 Å². The third-order valence-electron chi connectivity index (χ3n) is 2.13. The van der Waals surface area contributed by atoms with Crippen LogP contribution in [0.25, 0.3) is 11.0 Å². The molecule has 0 fully saturated rings. The van der Waals surface area contributed by atoms with Crippen LogP contribution in [0.1, 0.15) is 11.7 Å². The summed E-state index contributed by atoms with van der Waals surface area (Å²) in [5, 5.41) is 11.1. The molecule has 0 amide bonds. The van der Waals surface area contributed by atoms with E-state index in [0.29, 0.717) is 16.2 Å². The summed E-state index contributed by atoms with van der Waals surface area (Å²) in [7, 11) is 0. The minimum atomic E-state index is -0.734. The molecule has 4 heteroatoms. The second-order valence-electron chi connectivity index (χ2n) is 3.09. The number of rotatable bonds is 2. The van der Waals surface area contributed by atoms with Crippen molar-refractivity contribution < 1.29 is 9.52 Å². The standard InChI is InChI=1S/C10H10ClNO2/c11-7-3-6-1-2-14-10(6)8(4-7)9(13)5-12/h1-4,9,13H,5,12H2. The molecule has 3 N–H and O–H groups in total. The van der Waals surface area contributed by atoms with E-state index in [1.807, 2.05) is 0 Å². The van der Waals surface area contributed by atoms with Gasteiger partial charge in [0.15, 0.2) is 0 Å². The quantitative estimate of drug-likeness (QED) is 0.800. The lowest BCUT2D eigenvalue weighted by atomic mass is 10.1. The molecule has 74 valence electrons. The molecule has 2 rings (SSSR count). The van der Waals surface area contributed by atoms with E-state index in [0.717, 1.165) is 5.39 Å². The van der Waals surface area contributed by atoms with E-state index in [1.54, 1.807) is 24.5 Å². The first-order valence-electron chi connectivity index (χ1n) is 4.27. The van der Waals surface area contributed by atoms with Crippen molar-refractivity contribution >= 4 is 22.6 Å². The fourth-order valence-electron chi connectivity index (χ4n) is 1.45. The van der Waals surface area contributed by atoms with Crippen molar-refractivity contribution in [2.45, 2.75) is 6.10 Å². The zero-order valence-electron chi connectivity index (χ0n) is 7.40. The van der Waals surface area contributed by atoms with Gasteiger partial charge in [-0.1, -0.05) is 11.6 Å². The van der Waals surface area contributed by atoms with Crippen LogP contribution in [0, 0.1) is 0 Å². The Hall–Kier alpha value is -1.03. The fourth-order valence-corrected chi connectivity index (χ4v) is 1.68. The zero-order valence-corrected chi connectivity index (χ0v) is 8.16. The molecule has 3 nitrogen and oxygen atoms in total. The molecule has 0 bridgehead atoms. The first-order chi connectivity index (χ1) is 6.72. The van der Waals surface area contributed by atoms with E-state index >= 15 is 0 Å². The van der Waals surface area contributed by atoms with E-state index in [-0.39, 0.29) is 6.54 Å². The van der Waals surface area contributed by atoms with E-state index in [9.17, 15) is 5.11 Å². The molecule has 14 heavy (non-hydrogen) atoms. The second kappa shape index (κ2) is 3.61. The molecule has 0 spiro atoms. The number of hydrogen-bond acceptors (Lipinski definition) is 3. The van der Waals surface area contributed by atoms with Gasteiger partial charge in [-0.3, -0.25) is 0 Å². The van der Waals surface area contributed by atoms with E-state index in [4.69, 9.17) is 21.8 Å². The van der Waals surface area contributed by atoms with Crippen LogP contribution in [-0.4, -0.2) is 11.7 Å². The average Bonchev–Trinajstić information content (AvgIpc) is 2.62. The summed E-state index contributed by atoms with van der Waals surface area (Å²) in [6.07, 6.45) is 0.829. The van der Waals surface area contributed by atoms with Gasteiger partial charge in [0, 0.05) is 22.5 Å². The highest BCUT2D eigenvalue weighted by molar-refractivity contribution is 6.31. The van der Waals surface area contributed by atoms with Gasteiger partial charge in [-0.2, -0.15) is 0 Å². The Morgan fingerprint density at radius 3 is 3.00 bits per heavy atom. The number of benzene rings is 1. The lowest BCUT2D eigenvalue weighted by molar-refractivity contribution is 0.187. The molecule has 0 saturated carbocycles.